The monoisotopic (exact) mass is 1090 g/mol. The highest BCUT2D eigenvalue weighted by Gasteiger charge is 2.44. The van der Waals surface area contributed by atoms with Gasteiger partial charge in [-0.1, -0.05) is 256 Å². The van der Waals surface area contributed by atoms with Crippen LogP contribution in [-0.2, 0) is 16.2 Å². The van der Waals surface area contributed by atoms with Crippen molar-refractivity contribution in [2.45, 2.75) is 78.6 Å². The SMILES string of the molecule is CC(C)(C)c1ccc(-c2cc3c4c(c2)N(c2ccc(-c5ccccc5)cc2)c2cc(-c5cc6cc(C(C)(C)C)cc7ccc8cc(C(C)(C)C)cc5c8c76)ccc2B4c2ccc(-c4ccccc4)cc2N3c2ccc(-c3ccccc3)cc2)cc1. The molecule has 85 heavy (non-hydrogen) atoms. The molecule has 13 aromatic rings. The molecule has 0 amide bonds. The minimum Gasteiger partial charge on any atom is -0.311 e. The minimum atomic E-state index is -0.0917. The van der Waals surface area contributed by atoms with Gasteiger partial charge in [-0.2, -0.15) is 0 Å². The molecule has 2 aliphatic rings. The summed E-state index contributed by atoms with van der Waals surface area (Å²) in [6.45, 7) is 20.9. The van der Waals surface area contributed by atoms with Crippen LogP contribution < -0.4 is 26.2 Å². The zero-order valence-electron chi connectivity index (χ0n) is 50.2. The molecule has 0 unspecified atom stereocenters. The third-order valence-corrected chi connectivity index (χ3v) is 18.4. The van der Waals surface area contributed by atoms with E-state index in [4.69, 9.17) is 0 Å². The van der Waals surface area contributed by atoms with Crippen molar-refractivity contribution in [2.24, 2.45) is 0 Å². The summed E-state index contributed by atoms with van der Waals surface area (Å²) >= 11 is 0. The van der Waals surface area contributed by atoms with Crippen LogP contribution in [0, 0.1) is 0 Å². The minimum absolute atomic E-state index is 0.0116. The standard InChI is InChI=1S/C82H69BN2/c1-80(2,3)64-35-27-57(28-36-64)62-49-75-79-76(50-62)85(68-39-31-56(32-40-68)53-21-15-11-16-22-53)74-48-59(69-46-63-45-65(81(4,5)6)43-60-25-26-61-44-66(82(7,8)9)51-70(69)78(61)77(60)63)34-42-72(74)83(79)71-41-33-58(54-23-17-12-18-24-54)47-73(71)84(75)67-37-29-55(30-38-67)52-19-13-10-14-20-52/h10-51H,1-9H3. The fourth-order valence-corrected chi connectivity index (χ4v) is 13.7. The molecular weight excluding hydrogens is 1020 g/mol. The summed E-state index contributed by atoms with van der Waals surface area (Å²) in [6.07, 6.45) is 0. The number of hydrogen-bond acceptors (Lipinski definition) is 2. The van der Waals surface area contributed by atoms with Crippen LogP contribution in [0.2, 0.25) is 0 Å². The molecule has 0 aromatic heterocycles. The molecule has 0 fully saturated rings. The third kappa shape index (κ3) is 8.94. The molecule has 410 valence electrons. The van der Waals surface area contributed by atoms with E-state index in [2.05, 4.69) is 327 Å². The lowest BCUT2D eigenvalue weighted by atomic mass is 9.33. The van der Waals surface area contributed by atoms with Crippen LogP contribution in [0.3, 0.4) is 0 Å². The van der Waals surface area contributed by atoms with Gasteiger partial charge in [0.2, 0.25) is 0 Å². The summed E-state index contributed by atoms with van der Waals surface area (Å²) in [6, 6.07) is 97.1. The Balaban J connectivity index is 1.03. The highest BCUT2D eigenvalue weighted by atomic mass is 15.2. The summed E-state index contributed by atoms with van der Waals surface area (Å²) in [7, 11) is 0. The number of benzene rings is 13. The van der Waals surface area contributed by atoms with Crippen LogP contribution in [0.25, 0.3) is 88.0 Å². The predicted octanol–water partition coefficient (Wildman–Crippen LogP) is 20.9. The molecule has 15 rings (SSSR count). The average molecular weight is 1090 g/mol. The van der Waals surface area contributed by atoms with E-state index in [-0.39, 0.29) is 23.0 Å². The molecular formula is C82H69BN2. The summed E-state index contributed by atoms with van der Waals surface area (Å²) in [5.74, 6) is 0. The third-order valence-electron chi connectivity index (χ3n) is 18.4. The second-order valence-electron chi connectivity index (χ2n) is 27.0. The molecule has 0 spiro atoms. The lowest BCUT2D eigenvalue weighted by Crippen LogP contribution is -2.61. The van der Waals surface area contributed by atoms with Crippen molar-refractivity contribution in [3.63, 3.8) is 0 Å². The van der Waals surface area contributed by atoms with Gasteiger partial charge in [-0.25, -0.2) is 0 Å². The van der Waals surface area contributed by atoms with Crippen LogP contribution >= 0.6 is 0 Å². The van der Waals surface area contributed by atoms with Crippen molar-refractivity contribution in [3.8, 4) is 55.6 Å². The van der Waals surface area contributed by atoms with E-state index in [9.17, 15) is 0 Å². The van der Waals surface area contributed by atoms with E-state index in [1.54, 1.807) is 0 Å². The average Bonchev–Trinajstić information content (AvgIpc) is 2.01. The van der Waals surface area contributed by atoms with Gasteiger partial charge in [-0.05, 0) is 198 Å². The number of hydrogen-bond donors (Lipinski definition) is 0. The highest BCUT2D eigenvalue weighted by Crippen LogP contribution is 2.50. The van der Waals surface area contributed by atoms with Gasteiger partial charge in [0, 0.05) is 34.1 Å². The Kier molecular flexibility index (Phi) is 12.1. The Labute approximate surface area is 502 Å². The quantitative estimate of drug-likeness (QED) is 0.116. The molecule has 2 nitrogen and oxygen atoms in total. The second kappa shape index (κ2) is 19.6. The topological polar surface area (TPSA) is 6.48 Å². The summed E-state index contributed by atoms with van der Waals surface area (Å²) in [4.78, 5) is 5.17. The van der Waals surface area contributed by atoms with E-state index in [1.165, 1.54) is 144 Å². The van der Waals surface area contributed by atoms with Gasteiger partial charge in [0.15, 0.2) is 0 Å². The fourth-order valence-electron chi connectivity index (χ4n) is 13.7. The number of rotatable bonds is 7. The molecule has 0 aliphatic carbocycles. The maximum Gasteiger partial charge on any atom is 0.252 e. The Morgan fingerprint density at radius 2 is 0.647 bits per heavy atom. The summed E-state index contributed by atoms with van der Waals surface area (Å²) in [5, 5.41) is 7.87. The highest BCUT2D eigenvalue weighted by molar-refractivity contribution is 7.00. The zero-order valence-corrected chi connectivity index (χ0v) is 50.2. The van der Waals surface area contributed by atoms with Crippen molar-refractivity contribution >= 4 is 89.5 Å². The van der Waals surface area contributed by atoms with Crippen LogP contribution in [0.5, 0.6) is 0 Å². The Morgan fingerprint density at radius 3 is 1.14 bits per heavy atom. The van der Waals surface area contributed by atoms with Crippen LogP contribution in [0.1, 0.15) is 79.0 Å². The normalized spacial score (nSPS) is 13.2. The molecule has 13 aromatic carbocycles. The summed E-state index contributed by atoms with van der Waals surface area (Å²) < 4.78 is 0. The lowest BCUT2D eigenvalue weighted by Gasteiger charge is -2.44. The van der Waals surface area contributed by atoms with Gasteiger partial charge in [0.1, 0.15) is 0 Å². The maximum atomic E-state index is 2.60. The largest absolute Gasteiger partial charge is 0.311 e. The molecule has 0 saturated carbocycles. The predicted molar refractivity (Wildman–Crippen MR) is 367 cm³/mol. The molecule has 2 aliphatic heterocycles. The van der Waals surface area contributed by atoms with Crippen molar-refractivity contribution < 1.29 is 0 Å². The first kappa shape index (κ1) is 52.4. The van der Waals surface area contributed by atoms with Crippen molar-refractivity contribution in [2.75, 3.05) is 9.80 Å². The van der Waals surface area contributed by atoms with Gasteiger partial charge >= 0.3 is 0 Å². The maximum absolute atomic E-state index is 2.60. The molecule has 0 bridgehead atoms. The van der Waals surface area contributed by atoms with Gasteiger partial charge in [-0.3, -0.25) is 0 Å². The molecule has 0 N–H and O–H groups in total. The first-order valence-corrected chi connectivity index (χ1v) is 30.3. The second-order valence-corrected chi connectivity index (χ2v) is 27.0. The molecule has 3 heteroatoms. The number of fused-ring (bicyclic) bond motifs is 4. The molecule has 2 heterocycles. The van der Waals surface area contributed by atoms with Gasteiger partial charge in [-0.15, -0.1) is 0 Å². The van der Waals surface area contributed by atoms with Gasteiger partial charge < -0.3 is 9.80 Å². The van der Waals surface area contributed by atoms with E-state index in [0.29, 0.717) is 0 Å². The first-order valence-electron chi connectivity index (χ1n) is 30.3. The van der Waals surface area contributed by atoms with Crippen molar-refractivity contribution in [1.82, 2.24) is 0 Å². The number of nitrogens with zero attached hydrogens (tertiary/aromatic N) is 2. The van der Waals surface area contributed by atoms with Crippen molar-refractivity contribution in [3.05, 3.63) is 271 Å². The van der Waals surface area contributed by atoms with Gasteiger partial charge in [0.25, 0.3) is 6.71 Å². The Hall–Kier alpha value is -9.44. The van der Waals surface area contributed by atoms with Crippen molar-refractivity contribution in [1.29, 1.82) is 0 Å². The van der Waals surface area contributed by atoms with E-state index < -0.39 is 0 Å². The molecule has 0 saturated heterocycles. The van der Waals surface area contributed by atoms with E-state index in [1.807, 2.05) is 0 Å². The van der Waals surface area contributed by atoms with E-state index >= 15 is 0 Å². The first-order chi connectivity index (χ1) is 41.0. The van der Waals surface area contributed by atoms with E-state index in [0.717, 1.165) is 11.4 Å². The smallest absolute Gasteiger partial charge is 0.252 e. The zero-order chi connectivity index (χ0) is 58.1. The van der Waals surface area contributed by atoms with Crippen LogP contribution in [0.4, 0.5) is 34.1 Å². The summed E-state index contributed by atoms with van der Waals surface area (Å²) in [5.41, 5.74) is 26.7. The Bertz CT molecular complexity index is 4710. The molecule has 0 radical (unpaired) electrons. The Morgan fingerprint density at radius 1 is 0.271 bits per heavy atom. The molecule has 0 atom stereocenters. The number of anilines is 6. The lowest BCUT2D eigenvalue weighted by molar-refractivity contribution is 0.590. The van der Waals surface area contributed by atoms with Crippen LogP contribution in [0.15, 0.2) is 255 Å². The van der Waals surface area contributed by atoms with Gasteiger partial charge in [0.05, 0.1) is 0 Å². The van der Waals surface area contributed by atoms with Crippen LogP contribution in [-0.4, -0.2) is 6.71 Å². The fraction of sp³-hybridized carbons (Fsp3) is 0.146.